The number of benzene rings is 3. The number of Topliss-reactive ketones (excluding diaryl/α,β-unsaturated/α-hetero) is 1. The minimum absolute atomic E-state index is 0.0757. The van der Waals surface area contributed by atoms with E-state index in [1.165, 1.54) is 0 Å². The number of nitrogens with one attached hydrogen (secondary N) is 2. The summed E-state index contributed by atoms with van der Waals surface area (Å²) in [5.41, 5.74) is 2.74. The molecule has 0 saturated carbocycles. The Bertz CT molecular complexity index is 1300. The molecule has 0 aliphatic carbocycles. The predicted octanol–water partition coefficient (Wildman–Crippen LogP) is 6.24. The van der Waals surface area contributed by atoms with Crippen LogP contribution in [0.1, 0.15) is 55.9 Å². The first kappa shape index (κ1) is 28.6. The second kappa shape index (κ2) is 12.6. The van der Waals surface area contributed by atoms with Crippen LogP contribution in [-0.2, 0) is 28.5 Å². The average Bonchev–Trinajstić information content (AvgIpc) is 3.28. The van der Waals surface area contributed by atoms with Crippen LogP contribution in [0.3, 0.4) is 0 Å². The molecule has 3 aromatic carbocycles. The van der Waals surface area contributed by atoms with Crippen molar-refractivity contribution in [3.63, 3.8) is 0 Å². The van der Waals surface area contributed by atoms with Crippen molar-refractivity contribution < 1.29 is 14.3 Å². The molecule has 0 spiro atoms. The summed E-state index contributed by atoms with van der Waals surface area (Å²) in [7, 11) is 1.88. The van der Waals surface area contributed by atoms with Gasteiger partial charge in [0.05, 0.1) is 6.20 Å². The molecule has 40 heavy (non-hydrogen) atoms. The number of amides is 1. The van der Waals surface area contributed by atoms with Crippen LogP contribution >= 0.6 is 0 Å². The Hall–Kier alpha value is -4.39. The summed E-state index contributed by atoms with van der Waals surface area (Å²) in [5, 5.41) is 11.1. The van der Waals surface area contributed by atoms with Gasteiger partial charge >= 0.3 is 6.09 Å². The molecule has 1 amide bonds. The monoisotopic (exact) mass is 538 g/mol. The number of anilines is 1. The van der Waals surface area contributed by atoms with E-state index >= 15 is 0 Å². The lowest BCUT2D eigenvalue weighted by Gasteiger charge is -2.38. The number of carbonyl (C=O) groups excluding carboxylic acids is 2. The lowest BCUT2D eigenvalue weighted by molar-refractivity contribution is -0.118. The number of rotatable bonds is 11. The second-order valence-electron chi connectivity index (χ2n) is 10.9. The molecule has 0 fully saturated rings. The number of alkyl carbamates (subject to hydrolysis) is 1. The van der Waals surface area contributed by atoms with Crippen LogP contribution in [-0.4, -0.2) is 33.8 Å². The summed E-state index contributed by atoms with van der Waals surface area (Å²) in [6.07, 6.45) is 2.38. The highest BCUT2D eigenvalue weighted by atomic mass is 16.6. The predicted molar refractivity (Wildman–Crippen MR) is 158 cm³/mol. The lowest BCUT2D eigenvalue weighted by Crippen LogP contribution is -2.39. The molecule has 0 radical (unpaired) electrons. The number of hydrogen-bond donors (Lipinski definition) is 2. The number of carbonyl (C=O) groups is 2. The van der Waals surface area contributed by atoms with Gasteiger partial charge in [0.25, 0.3) is 0 Å². The summed E-state index contributed by atoms with van der Waals surface area (Å²) < 4.78 is 7.05. The minimum atomic E-state index is -0.729. The fourth-order valence-electron chi connectivity index (χ4n) is 4.82. The maximum absolute atomic E-state index is 13.0. The van der Waals surface area contributed by atoms with Crippen molar-refractivity contribution in [2.24, 2.45) is 7.05 Å². The van der Waals surface area contributed by atoms with Gasteiger partial charge in [-0.15, -0.1) is 0 Å². The molecule has 4 rings (SSSR count). The van der Waals surface area contributed by atoms with Crippen molar-refractivity contribution >= 4 is 17.7 Å². The minimum Gasteiger partial charge on any atom is -0.444 e. The van der Waals surface area contributed by atoms with Crippen molar-refractivity contribution in [1.29, 1.82) is 0 Å². The van der Waals surface area contributed by atoms with Gasteiger partial charge in [0, 0.05) is 32.0 Å². The van der Waals surface area contributed by atoms with Gasteiger partial charge < -0.3 is 15.4 Å². The van der Waals surface area contributed by atoms with Crippen molar-refractivity contribution in [2.45, 2.75) is 51.2 Å². The molecule has 4 aromatic rings. The van der Waals surface area contributed by atoms with Gasteiger partial charge in [-0.25, -0.2) is 4.79 Å². The number of ether oxygens (including phenoxy) is 1. The van der Waals surface area contributed by atoms with Crippen LogP contribution in [0.5, 0.6) is 0 Å². The van der Waals surface area contributed by atoms with Crippen molar-refractivity contribution in [3.8, 4) is 0 Å². The number of aryl methyl sites for hydroxylation is 1. The fourth-order valence-corrected chi connectivity index (χ4v) is 4.82. The maximum atomic E-state index is 13.0. The standard InChI is InChI=1S/C33H38N4O3/c1-32(2,3)40-31(39)34-22-14-21-29(38)23-25-24-35-37(4)30(25)36-33(26-15-8-5-9-16-26,27-17-10-6-11-18-27)28-19-12-7-13-20-28/h5-13,15-20,24,36H,14,21-23H2,1-4H3,(H,34,39). The van der Waals surface area contributed by atoms with E-state index in [0.717, 1.165) is 28.1 Å². The normalized spacial score (nSPS) is 11.6. The molecule has 7 nitrogen and oxygen atoms in total. The van der Waals surface area contributed by atoms with E-state index in [1.807, 2.05) is 82.4 Å². The SMILES string of the molecule is Cn1ncc(CC(=O)CCCNC(=O)OC(C)(C)C)c1NC(c1ccccc1)(c1ccccc1)c1ccccc1. The van der Waals surface area contributed by atoms with Crippen LogP contribution in [0.2, 0.25) is 0 Å². The van der Waals surface area contributed by atoms with Gasteiger partial charge in [0.2, 0.25) is 0 Å². The molecule has 2 N–H and O–H groups in total. The summed E-state index contributed by atoms with van der Waals surface area (Å²) >= 11 is 0. The van der Waals surface area contributed by atoms with Gasteiger partial charge in [-0.1, -0.05) is 91.0 Å². The third kappa shape index (κ3) is 6.97. The third-order valence-corrected chi connectivity index (χ3v) is 6.63. The van der Waals surface area contributed by atoms with E-state index in [1.54, 1.807) is 10.9 Å². The molecule has 1 heterocycles. The first-order chi connectivity index (χ1) is 19.2. The largest absolute Gasteiger partial charge is 0.444 e. The molecule has 0 aliphatic rings. The maximum Gasteiger partial charge on any atom is 0.407 e. The number of hydrogen-bond acceptors (Lipinski definition) is 5. The second-order valence-corrected chi connectivity index (χ2v) is 10.9. The van der Waals surface area contributed by atoms with E-state index in [2.05, 4.69) is 52.1 Å². The molecular weight excluding hydrogens is 500 g/mol. The van der Waals surface area contributed by atoms with Crippen LogP contribution in [0.25, 0.3) is 0 Å². The van der Waals surface area contributed by atoms with Gasteiger partial charge in [-0.3, -0.25) is 9.48 Å². The first-order valence-electron chi connectivity index (χ1n) is 13.6. The smallest absolute Gasteiger partial charge is 0.407 e. The van der Waals surface area contributed by atoms with Crippen LogP contribution in [0.4, 0.5) is 10.6 Å². The molecule has 0 unspecified atom stereocenters. The molecule has 1 aromatic heterocycles. The lowest BCUT2D eigenvalue weighted by atomic mass is 9.77. The van der Waals surface area contributed by atoms with Crippen molar-refractivity contribution in [3.05, 3.63) is 119 Å². The fraction of sp³-hybridized carbons (Fsp3) is 0.303. The quantitative estimate of drug-likeness (QED) is 0.174. The molecule has 0 bridgehead atoms. The van der Waals surface area contributed by atoms with Crippen LogP contribution in [0, 0.1) is 0 Å². The average molecular weight is 539 g/mol. The number of nitrogens with zero attached hydrogens (tertiary/aromatic N) is 2. The molecule has 208 valence electrons. The van der Waals surface area contributed by atoms with Crippen molar-refractivity contribution in [2.75, 3.05) is 11.9 Å². The summed E-state index contributed by atoms with van der Waals surface area (Å²) in [5.74, 6) is 0.851. The number of aromatic nitrogens is 2. The zero-order valence-electron chi connectivity index (χ0n) is 23.7. The van der Waals surface area contributed by atoms with Gasteiger partial charge in [0.1, 0.15) is 22.7 Å². The summed E-state index contributed by atoms with van der Waals surface area (Å²) in [6.45, 7) is 5.82. The summed E-state index contributed by atoms with van der Waals surface area (Å²) in [6, 6.07) is 31.0. The Morgan fingerprint density at radius 2 is 1.32 bits per heavy atom. The molecule has 0 saturated heterocycles. The van der Waals surface area contributed by atoms with E-state index in [-0.39, 0.29) is 12.2 Å². The zero-order valence-corrected chi connectivity index (χ0v) is 23.7. The van der Waals surface area contributed by atoms with E-state index in [0.29, 0.717) is 19.4 Å². The Morgan fingerprint density at radius 1 is 0.825 bits per heavy atom. The van der Waals surface area contributed by atoms with E-state index < -0.39 is 17.2 Å². The van der Waals surface area contributed by atoms with Crippen LogP contribution < -0.4 is 10.6 Å². The number of ketones is 1. The van der Waals surface area contributed by atoms with Gasteiger partial charge in [-0.2, -0.15) is 5.10 Å². The Morgan fingerprint density at radius 3 is 1.80 bits per heavy atom. The third-order valence-electron chi connectivity index (χ3n) is 6.63. The Kier molecular flexibility index (Phi) is 9.04. The Balaban J connectivity index is 1.59. The zero-order chi connectivity index (χ0) is 28.6. The molecule has 0 atom stereocenters. The molecular formula is C33H38N4O3. The summed E-state index contributed by atoms with van der Waals surface area (Å²) in [4.78, 5) is 24.9. The van der Waals surface area contributed by atoms with Gasteiger partial charge in [0.15, 0.2) is 0 Å². The van der Waals surface area contributed by atoms with Gasteiger partial charge in [-0.05, 0) is 43.9 Å². The highest BCUT2D eigenvalue weighted by Crippen LogP contribution is 2.40. The highest BCUT2D eigenvalue weighted by molar-refractivity contribution is 5.82. The molecule has 7 heteroatoms. The topological polar surface area (TPSA) is 85.2 Å². The van der Waals surface area contributed by atoms with E-state index in [4.69, 9.17) is 4.74 Å². The van der Waals surface area contributed by atoms with Crippen molar-refractivity contribution in [1.82, 2.24) is 15.1 Å². The first-order valence-corrected chi connectivity index (χ1v) is 13.6. The van der Waals surface area contributed by atoms with Crippen LogP contribution in [0.15, 0.2) is 97.2 Å². The highest BCUT2D eigenvalue weighted by Gasteiger charge is 2.37. The Labute approximate surface area is 236 Å². The molecule has 0 aliphatic heterocycles. The van der Waals surface area contributed by atoms with E-state index in [9.17, 15) is 9.59 Å².